The van der Waals surface area contributed by atoms with E-state index in [-0.39, 0.29) is 18.8 Å². The van der Waals surface area contributed by atoms with E-state index >= 15 is 0 Å². The molecule has 1 saturated heterocycles. The van der Waals surface area contributed by atoms with Crippen molar-refractivity contribution < 1.29 is 35.5 Å². The van der Waals surface area contributed by atoms with Crippen molar-refractivity contribution in [3.63, 3.8) is 0 Å². The molecule has 1 aliphatic rings. The second-order valence-electron chi connectivity index (χ2n) is 8.90. The number of hydrogen-bond donors (Lipinski definition) is 3. The molecule has 0 spiro atoms. The summed E-state index contributed by atoms with van der Waals surface area (Å²) in [5, 5.41) is 12.8. The molecule has 194 valence electrons. The van der Waals surface area contributed by atoms with Gasteiger partial charge in [-0.15, -0.1) is 0 Å². The monoisotopic (exact) mass is 523 g/mol. The molecule has 1 fully saturated rings. The fourth-order valence-electron chi connectivity index (χ4n) is 3.78. The van der Waals surface area contributed by atoms with Crippen LogP contribution in [0, 0.1) is 0 Å². The minimum absolute atomic E-state index is 0.107. The molecule has 1 aromatic carbocycles. The van der Waals surface area contributed by atoms with E-state index in [0.717, 1.165) is 18.2 Å². The van der Waals surface area contributed by atoms with E-state index in [9.17, 15) is 35.5 Å². The number of aliphatic hydroxyl groups is 1. The highest BCUT2D eigenvalue weighted by Crippen LogP contribution is 2.38. The SMILES string of the molecule is CC(C)NS(=O)(=O)c1ccc(Nc2ncc(C(F)(F)F)c(N3CCC[C@](C)(O)C3)n2)c(C(F)F)c1. The minimum atomic E-state index is -4.79. The van der Waals surface area contributed by atoms with Gasteiger partial charge in [0.25, 0.3) is 6.43 Å². The van der Waals surface area contributed by atoms with E-state index in [0.29, 0.717) is 19.0 Å². The van der Waals surface area contributed by atoms with Crippen LogP contribution in [0.5, 0.6) is 0 Å². The normalized spacial score (nSPS) is 19.5. The average Bonchev–Trinajstić information content (AvgIpc) is 2.71. The number of rotatable bonds is 7. The summed E-state index contributed by atoms with van der Waals surface area (Å²) in [5.41, 5.74) is -3.31. The molecule has 3 N–H and O–H groups in total. The Balaban J connectivity index is 2.01. The Hall–Kier alpha value is -2.58. The van der Waals surface area contributed by atoms with Crippen LogP contribution in [0.3, 0.4) is 0 Å². The predicted molar refractivity (Wildman–Crippen MR) is 119 cm³/mol. The average molecular weight is 524 g/mol. The molecule has 1 atom stereocenters. The van der Waals surface area contributed by atoms with Gasteiger partial charge in [0.15, 0.2) is 0 Å². The number of nitrogens with zero attached hydrogens (tertiary/aromatic N) is 3. The largest absolute Gasteiger partial charge is 0.421 e. The van der Waals surface area contributed by atoms with Crippen LogP contribution in [-0.2, 0) is 16.2 Å². The number of piperidine rings is 1. The molecular weight excluding hydrogens is 497 g/mol. The van der Waals surface area contributed by atoms with Gasteiger partial charge in [0.1, 0.15) is 11.4 Å². The molecule has 0 unspecified atom stereocenters. The molecule has 8 nitrogen and oxygen atoms in total. The summed E-state index contributed by atoms with van der Waals surface area (Å²) in [7, 11) is -4.06. The van der Waals surface area contributed by atoms with Gasteiger partial charge < -0.3 is 15.3 Å². The van der Waals surface area contributed by atoms with E-state index in [4.69, 9.17) is 0 Å². The molecule has 0 aliphatic carbocycles. The first-order valence-corrected chi connectivity index (χ1v) is 12.2. The molecular formula is C21H26F5N5O3S. The van der Waals surface area contributed by atoms with Crippen molar-refractivity contribution in [2.45, 2.75) is 62.8 Å². The van der Waals surface area contributed by atoms with Gasteiger partial charge in [0, 0.05) is 36.6 Å². The van der Waals surface area contributed by atoms with Crippen LogP contribution in [0.2, 0.25) is 0 Å². The maximum absolute atomic E-state index is 13.8. The highest BCUT2D eigenvalue weighted by molar-refractivity contribution is 7.89. The fourth-order valence-corrected chi connectivity index (χ4v) is 5.06. The van der Waals surface area contributed by atoms with Crippen LogP contribution in [0.1, 0.15) is 51.2 Å². The quantitative estimate of drug-likeness (QED) is 0.467. The topological polar surface area (TPSA) is 107 Å². The van der Waals surface area contributed by atoms with E-state index < -0.39 is 62.1 Å². The van der Waals surface area contributed by atoms with Crippen molar-refractivity contribution in [2.24, 2.45) is 0 Å². The summed E-state index contributed by atoms with van der Waals surface area (Å²) < 4.78 is 95.4. The third-order valence-electron chi connectivity index (χ3n) is 5.25. The van der Waals surface area contributed by atoms with E-state index in [1.165, 1.54) is 11.8 Å². The Morgan fingerprint density at radius 1 is 1.23 bits per heavy atom. The van der Waals surface area contributed by atoms with Crippen LogP contribution >= 0.6 is 0 Å². The summed E-state index contributed by atoms with van der Waals surface area (Å²) in [4.78, 5) is 8.45. The van der Waals surface area contributed by atoms with Crippen molar-refractivity contribution >= 4 is 27.5 Å². The highest BCUT2D eigenvalue weighted by Gasteiger charge is 2.39. The number of halogens is 5. The van der Waals surface area contributed by atoms with Crippen LogP contribution in [-0.4, -0.2) is 48.2 Å². The van der Waals surface area contributed by atoms with Gasteiger partial charge in [0.2, 0.25) is 16.0 Å². The molecule has 0 saturated carbocycles. The van der Waals surface area contributed by atoms with Crippen LogP contribution in [0.15, 0.2) is 29.3 Å². The number of aromatic nitrogens is 2. The maximum Gasteiger partial charge on any atom is 0.421 e. The lowest BCUT2D eigenvalue weighted by molar-refractivity contribution is -0.137. The maximum atomic E-state index is 13.8. The molecule has 14 heteroatoms. The second-order valence-corrected chi connectivity index (χ2v) is 10.6. The standard InChI is InChI=1S/C21H26F5N5O3S/c1-12(2)30-35(33,34)13-5-6-16(14(9-13)17(22)23)28-19-27-10-15(21(24,25)26)18(29-19)31-8-4-7-20(3,32)11-31/h5-6,9-10,12,17,30,32H,4,7-8,11H2,1-3H3,(H,27,28,29)/t20-/m0/s1. The number of nitrogens with one attached hydrogen (secondary N) is 2. The van der Waals surface area contributed by atoms with Gasteiger partial charge in [-0.2, -0.15) is 18.2 Å². The van der Waals surface area contributed by atoms with Gasteiger partial charge in [0.05, 0.1) is 10.5 Å². The van der Waals surface area contributed by atoms with Gasteiger partial charge in [-0.05, 0) is 51.8 Å². The molecule has 0 radical (unpaired) electrons. The predicted octanol–water partition coefficient (Wildman–Crippen LogP) is 4.21. The van der Waals surface area contributed by atoms with Crippen molar-refractivity contribution in [1.82, 2.24) is 14.7 Å². The number of alkyl halides is 5. The lowest BCUT2D eigenvalue weighted by Gasteiger charge is -2.38. The third-order valence-corrected chi connectivity index (χ3v) is 6.91. The minimum Gasteiger partial charge on any atom is -0.388 e. The van der Waals surface area contributed by atoms with E-state index in [2.05, 4.69) is 20.0 Å². The zero-order valence-corrected chi connectivity index (χ0v) is 20.0. The number of benzene rings is 1. The van der Waals surface area contributed by atoms with Crippen molar-refractivity contribution in [3.05, 3.63) is 35.5 Å². The number of sulfonamides is 1. The Morgan fingerprint density at radius 3 is 2.49 bits per heavy atom. The van der Waals surface area contributed by atoms with Crippen molar-refractivity contribution in [1.29, 1.82) is 0 Å². The zero-order valence-electron chi connectivity index (χ0n) is 19.2. The summed E-state index contributed by atoms with van der Waals surface area (Å²) in [6.07, 6.45) is -6.52. The Morgan fingerprint density at radius 2 is 1.91 bits per heavy atom. The lowest BCUT2D eigenvalue weighted by Crippen LogP contribution is -2.47. The summed E-state index contributed by atoms with van der Waals surface area (Å²) >= 11 is 0. The van der Waals surface area contributed by atoms with Crippen LogP contribution in [0.25, 0.3) is 0 Å². The van der Waals surface area contributed by atoms with Crippen molar-refractivity contribution in [3.8, 4) is 0 Å². The second kappa shape index (κ2) is 9.82. The van der Waals surface area contributed by atoms with Gasteiger partial charge >= 0.3 is 6.18 Å². The molecule has 1 aliphatic heterocycles. The smallest absolute Gasteiger partial charge is 0.388 e. The molecule has 35 heavy (non-hydrogen) atoms. The van der Waals surface area contributed by atoms with E-state index in [1.54, 1.807) is 13.8 Å². The number of β-amino-alcohol motifs (C(OH)–C–C–N with tert-alkyl or cyclic N) is 1. The molecule has 2 aromatic rings. The van der Waals surface area contributed by atoms with Crippen molar-refractivity contribution in [2.75, 3.05) is 23.3 Å². The Bertz CT molecular complexity index is 1170. The van der Waals surface area contributed by atoms with Crippen LogP contribution in [0.4, 0.5) is 39.4 Å². The molecule has 2 heterocycles. The molecule has 1 aromatic heterocycles. The molecule has 3 rings (SSSR count). The fraction of sp³-hybridized carbons (Fsp3) is 0.524. The van der Waals surface area contributed by atoms with Crippen LogP contribution < -0.4 is 14.9 Å². The summed E-state index contributed by atoms with van der Waals surface area (Å²) in [6, 6.07) is 2.47. The third kappa shape index (κ3) is 6.55. The van der Waals surface area contributed by atoms with Gasteiger partial charge in [-0.1, -0.05) is 0 Å². The number of hydrogen-bond acceptors (Lipinski definition) is 7. The Labute approximate surface area is 199 Å². The zero-order chi connectivity index (χ0) is 26.2. The first-order valence-electron chi connectivity index (χ1n) is 10.7. The van der Waals surface area contributed by atoms with Gasteiger partial charge in [-0.3, -0.25) is 0 Å². The van der Waals surface area contributed by atoms with E-state index in [1.807, 2.05) is 0 Å². The Kier molecular flexibility index (Phi) is 7.58. The molecule has 0 amide bonds. The highest BCUT2D eigenvalue weighted by atomic mass is 32.2. The summed E-state index contributed by atoms with van der Waals surface area (Å²) in [5.74, 6) is -0.884. The lowest BCUT2D eigenvalue weighted by atomic mass is 9.95. The van der Waals surface area contributed by atoms with Gasteiger partial charge in [-0.25, -0.2) is 26.9 Å². The number of anilines is 3. The molecule has 0 bridgehead atoms. The first-order chi connectivity index (χ1) is 16.1. The summed E-state index contributed by atoms with van der Waals surface area (Å²) in [6.45, 7) is 4.74. The first kappa shape index (κ1) is 27.0.